The zero-order chi connectivity index (χ0) is 13.7. The molecule has 2 rings (SSSR count). The molecule has 1 aliphatic heterocycles. The Morgan fingerprint density at radius 1 is 1.47 bits per heavy atom. The monoisotopic (exact) mass is 259 g/mol. The molecule has 98 valence electrons. The first-order chi connectivity index (χ1) is 9.20. The molecule has 6 heteroatoms. The lowest BCUT2D eigenvalue weighted by molar-refractivity contribution is -0.116. The Balaban J connectivity index is 2.05. The molecule has 0 radical (unpaired) electrons. The summed E-state index contributed by atoms with van der Waals surface area (Å²) in [5.74, 6) is -0.445. The van der Waals surface area contributed by atoms with E-state index in [1.54, 1.807) is 0 Å². The highest BCUT2D eigenvalue weighted by Crippen LogP contribution is 2.16. The van der Waals surface area contributed by atoms with Crippen molar-refractivity contribution in [3.8, 4) is 0 Å². The van der Waals surface area contributed by atoms with Gasteiger partial charge in [-0.3, -0.25) is 9.69 Å². The molecular formula is C13H13N3O3. The van der Waals surface area contributed by atoms with Crippen LogP contribution in [0.2, 0.25) is 0 Å². The highest BCUT2D eigenvalue weighted by molar-refractivity contribution is 6.26. The molecule has 0 saturated carbocycles. The summed E-state index contributed by atoms with van der Waals surface area (Å²) in [6.07, 6.45) is 0.891. The third-order valence-electron chi connectivity index (χ3n) is 2.92. The van der Waals surface area contributed by atoms with E-state index < -0.39 is 11.9 Å². The van der Waals surface area contributed by atoms with Crippen molar-refractivity contribution in [2.75, 3.05) is 13.2 Å². The van der Waals surface area contributed by atoms with E-state index in [0.717, 1.165) is 11.8 Å². The van der Waals surface area contributed by atoms with E-state index >= 15 is 0 Å². The number of Topliss-reactive ketones (excluding diaryl/α,β-unsaturated/α-hetero) is 1. The Hall–Kier alpha value is -2.46. The van der Waals surface area contributed by atoms with Crippen LogP contribution in [0.5, 0.6) is 0 Å². The molecule has 1 aromatic carbocycles. The Morgan fingerprint density at radius 2 is 2.21 bits per heavy atom. The minimum atomic E-state index is -0.513. The van der Waals surface area contributed by atoms with E-state index in [0.29, 0.717) is 6.42 Å². The van der Waals surface area contributed by atoms with Gasteiger partial charge in [-0.15, -0.1) is 0 Å². The largest absolute Gasteiger partial charge is 0.447 e. The first kappa shape index (κ1) is 13.0. The number of amides is 1. The SMILES string of the molecule is [N-]=[N+]=CC(=O)CN1C(=O)OC[C@@H]1Cc1ccccc1. The van der Waals surface area contributed by atoms with Gasteiger partial charge in [0.2, 0.25) is 0 Å². The summed E-state index contributed by atoms with van der Waals surface area (Å²) in [5, 5.41) is 0. The number of ketones is 1. The van der Waals surface area contributed by atoms with Crippen molar-refractivity contribution in [1.29, 1.82) is 0 Å². The van der Waals surface area contributed by atoms with Crippen LogP contribution in [-0.4, -0.2) is 47.0 Å². The molecule has 0 bridgehead atoms. The fourth-order valence-electron chi connectivity index (χ4n) is 2.01. The maximum atomic E-state index is 11.6. The normalized spacial score (nSPS) is 17.8. The Morgan fingerprint density at radius 3 is 2.89 bits per heavy atom. The Bertz CT molecular complexity index is 523. The summed E-state index contributed by atoms with van der Waals surface area (Å²) in [4.78, 5) is 27.0. The van der Waals surface area contributed by atoms with Crippen molar-refractivity contribution in [1.82, 2.24) is 4.90 Å². The number of ether oxygens (including phenoxy) is 1. The van der Waals surface area contributed by atoms with Crippen LogP contribution >= 0.6 is 0 Å². The minimum absolute atomic E-state index is 0.138. The Labute approximate surface area is 110 Å². The van der Waals surface area contributed by atoms with Crippen molar-refractivity contribution in [3.05, 3.63) is 41.4 Å². The van der Waals surface area contributed by atoms with Gasteiger partial charge in [0.25, 0.3) is 5.78 Å². The van der Waals surface area contributed by atoms with Crippen LogP contribution in [0.4, 0.5) is 4.79 Å². The van der Waals surface area contributed by atoms with Crippen LogP contribution < -0.4 is 0 Å². The van der Waals surface area contributed by atoms with Gasteiger partial charge in [-0.2, -0.15) is 4.79 Å². The predicted molar refractivity (Wildman–Crippen MR) is 66.7 cm³/mol. The summed E-state index contributed by atoms with van der Waals surface area (Å²) in [6, 6.07) is 9.49. The van der Waals surface area contributed by atoms with Crippen LogP contribution in [-0.2, 0) is 16.0 Å². The molecule has 1 aromatic rings. The quantitative estimate of drug-likeness (QED) is 0.448. The lowest BCUT2D eigenvalue weighted by atomic mass is 10.1. The zero-order valence-electron chi connectivity index (χ0n) is 10.2. The average molecular weight is 259 g/mol. The van der Waals surface area contributed by atoms with E-state index in [-0.39, 0.29) is 19.2 Å². The third-order valence-corrected chi connectivity index (χ3v) is 2.92. The molecule has 1 saturated heterocycles. The summed E-state index contributed by atoms with van der Waals surface area (Å²) in [7, 11) is 0. The smallest absolute Gasteiger partial charge is 0.410 e. The van der Waals surface area contributed by atoms with Gasteiger partial charge >= 0.3 is 12.3 Å². The molecule has 1 atom stereocenters. The van der Waals surface area contributed by atoms with Gasteiger partial charge < -0.3 is 10.3 Å². The summed E-state index contributed by atoms with van der Waals surface area (Å²) in [5.41, 5.74) is 9.36. The van der Waals surface area contributed by atoms with E-state index in [1.807, 2.05) is 30.3 Å². The fraction of sp³-hybridized carbons (Fsp3) is 0.308. The molecule has 0 aliphatic carbocycles. The molecule has 0 N–H and O–H groups in total. The number of carbonyl (C=O) groups excluding carboxylic acids is 2. The van der Waals surface area contributed by atoms with Gasteiger partial charge in [0.05, 0.1) is 12.6 Å². The summed E-state index contributed by atoms with van der Waals surface area (Å²) < 4.78 is 4.96. The number of benzene rings is 1. The van der Waals surface area contributed by atoms with E-state index in [2.05, 4.69) is 4.79 Å². The van der Waals surface area contributed by atoms with Crippen molar-refractivity contribution < 1.29 is 19.1 Å². The number of rotatable bonds is 5. The number of carbonyl (C=O) groups is 2. The van der Waals surface area contributed by atoms with Crippen LogP contribution in [0.15, 0.2) is 30.3 Å². The lowest BCUT2D eigenvalue weighted by Crippen LogP contribution is -2.39. The van der Waals surface area contributed by atoms with Crippen molar-refractivity contribution in [2.45, 2.75) is 12.5 Å². The number of hydrogen-bond donors (Lipinski definition) is 0. The molecule has 0 unspecified atom stereocenters. The average Bonchev–Trinajstić information content (AvgIpc) is 2.73. The van der Waals surface area contributed by atoms with Crippen LogP contribution in [0.1, 0.15) is 5.56 Å². The molecule has 1 heterocycles. The van der Waals surface area contributed by atoms with Gasteiger partial charge in [-0.1, -0.05) is 30.3 Å². The third kappa shape index (κ3) is 3.26. The predicted octanol–water partition coefficient (Wildman–Crippen LogP) is 0.920. The molecule has 0 spiro atoms. The first-order valence-electron chi connectivity index (χ1n) is 5.88. The van der Waals surface area contributed by atoms with E-state index in [1.165, 1.54) is 4.90 Å². The number of hydrogen-bond acceptors (Lipinski definition) is 3. The molecule has 19 heavy (non-hydrogen) atoms. The van der Waals surface area contributed by atoms with Crippen LogP contribution in [0, 0.1) is 0 Å². The molecule has 0 aromatic heterocycles. The van der Waals surface area contributed by atoms with Gasteiger partial charge in [0.15, 0.2) is 0 Å². The Kier molecular flexibility index (Phi) is 4.05. The standard InChI is InChI=1S/C13H13N3O3/c14-15-7-12(17)8-16-11(9-19-13(16)18)6-10-4-2-1-3-5-10/h1-5,7,11H,6,8-9H2/t11-/m0/s1. The maximum Gasteiger partial charge on any atom is 0.410 e. The second-order valence-corrected chi connectivity index (χ2v) is 4.26. The minimum Gasteiger partial charge on any atom is -0.447 e. The first-order valence-corrected chi connectivity index (χ1v) is 5.88. The number of cyclic esters (lactones) is 1. The lowest BCUT2D eigenvalue weighted by Gasteiger charge is -2.19. The van der Waals surface area contributed by atoms with E-state index in [9.17, 15) is 9.59 Å². The van der Waals surface area contributed by atoms with Crippen LogP contribution in [0.3, 0.4) is 0 Å². The number of nitrogens with zero attached hydrogens (tertiary/aromatic N) is 3. The summed E-state index contributed by atoms with van der Waals surface area (Å²) >= 11 is 0. The molecule has 1 aliphatic rings. The van der Waals surface area contributed by atoms with Crippen LogP contribution in [0.25, 0.3) is 5.53 Å². The molecule has 1 amide bonds. The topological polar surface area (TPSA) is 83.0 Å². The van der Waals surface area contributed by atoms with Gasteiger partial charge in [-0.25, -0.2) is 4.79 Å². The van der Waals surface area contributed by atoms with Crippen molar-refractivity contribution in [2.24, 2.45) is 0 Å². The van der Waals surface area contributed by atoms with Gasteiger partial charge in [-0.05, 0) is 12.0 Å². The van der Waals surface area contributed by atoms with Gasteiger partial charge in [0.1, 0.15) is 6.61 Å². The van der Waals surface area contributed by atoms with Crippen molar-refractivity contribution >= 4 is 18.1 Å². The van der Waals surface area contributed by atoms with E-state index in [4.69, 9.17) is 10.3 Å². The highest BCUT2D eigenvalue weighted by Gasteiger charge is 2.34. The highest BCUT2D eigenvalue weighted by atomic mass is 16.6. The second kappa shape index (κ2) is 5.93. The van der Waals surface area contributed by atoms with Crippen molar-refractivity contribution in [3.63, 3.8) is 0 Å². The maximum absolute atomic E-state index is 11.6. The second-order valence-electron chi connectivity index (χ2n) is 4.26. The summed E-state index contributed by atoms with van der Waals surface area (Å²) in [6.45, 7) is 0.123. The fourth-order valence-corrected chi connectivity index (χ4v) is 2.01. The molecule has 1 fully saturated rings. The molecule has 6 nitrogen and oxygen atoms in total. The molecular weight excluding hydrogens is 246 g/mol. The zero-order valence-corrected chi connectivity index (χ0v) is 10.2. The van der Waals surface area contributed by atoms with Gasteiger partial charge in [0, 0.05) is 0 Å².